The molecule has 2 N–H and O–H groups in total. The SMILES string of the molecule is C[C@@H](Nc1cc(Cl)ccc1N1CCCCC1)C(=O)NC1CCCCC1. The second-order valence-corrected chi connectivity index (χ2v) is 7.86. The number of hydrogen-bond donors (Lipinski definition) is 2. The molecule has 1 heterocycles. The molecule has 0 radical (unpaired) electrons. The molecule has 1 aromatic rings. The normalized spacial score (nSPS) is 20.2. The van der Waals surface area contributed by atoms with Crippen molar-refractivity contribution in [2.75, 3.05) is 23.3 Å². The van der Waals surface area contributed by atoms with Gasteiger partial charge in [-0.1, -0.05) is 30.9 Å². The van der Waals surface area contributed by atoms with Gasteiger partial charge in [0.15, 0.2) is 0 Å². The number of hydrogen-bond acceptors (Lipinski definition) is 3. The van der Waals surface area contributed by atoms with Crippen LogP contribution in [-0.4, -0.2) is 31.1 Å². The second-order valence-electron chi connectivity index (χ2n) is 7.42. The van der Waals surface area contributed by atoms with Crippen LogP contribution < -0.4 is 15.5 Å². The van der Waals surface area contributed by atoms with E-state index in [2.05, 4.69) is 21.6 Å². The van der Waals surface area contributed by atoms with Crippen molar-refractivity contribution in [3.63, 3.8) is 0 Å². The van der Waals surface area contributed by atoms with Crippen molar-refractivity contribution in [2.45, 2.75) is 70.4 Å². The fourth-order valence-corrected chi connectivity index (χ4v) is 4.08. The lowest BCUT2D eigenvalue weighted by Gasteiger charge is -2.32. The number of benzene rings is 1. The Hall–Kier alpha value is -1.42. The summed E-state index contributed by atoms with van der Waals surface area (Å²) in [6, 6.07) is 6.01. The Labute approximate surface area is 156 Å². The predicted molar refractivity (Wildman–Crippen MR) is 106 cm³/mol. The van der Waals surface area contributed by atoms with Crippen molar-refractivity contribution in [2.24, 2.45) is 0 Å². The van der Waals surface area contributed by atoms with Gasteiger partial charge in [-0.05, 0) is 57.2 Å². The number of rotatable bonds is 5. The minimum absolute atomic E-state index is 0.0801. The third-order valence-corrected chi connectivity index (χ3v) is 5.61. The zero-order chi connectivity index (χ0) is 17.6. The zero-order valence-corrected chi connectivity index (χ0v) is 15.9. The minimum atomic E-state index is -0.274. The molecule has 1 aliphatic carbocycles. The molecule has 0 spiro atoms. The van der Waals surface area contributed by atoms with E-state index in [0.29, 0.717) is 11.1 Å². The summed E-state index contributed by atoms with van der Waals surface area (Å²) in [5.74, 6) is 0.0801. The highest BCUT2D eigenvalue weighted by atomic mass is 35.5. The number of piperidine rings is 1. The standard InChI is InChI=1S/C20H30ClN3O/c1-15(20(25)23-17-8-4-2-5-9-17)22-18-14-16(21)10-11-19(18)24-12-6-3-7-13-24/h10-11,14-15,17,22H,2-9,12-13H2,1H3,(H,23,25)/t15-/m1/s1. The number of carbonyl (C=O) groups is 1. The van der Waals surface area contributed by atoms with Gasteiger partial charge in [-0.2, -0.15) is 0 Å². The van der Waals surface area contributed by atoms with Gasteiger partial charge in [0.1, 0.15) is 6.04 Å². The van der Waals surface area contributed by atoms with E-state index in [9.17, 15) is 4.79 Å². The van der Waals surface area contributed by atoms with E-state index in [0.717, 1.165) is 37.3 Å². The molecule has 5 heteroatoms. The molecule has 0 aromatic heterocycles. The van der Waals surface area contributed by atoms with Crippen molar-refractivity contribution in [1.29, 1.82) is 0 Å². The maximum Gasteiger partial charge on any atom is 0.242 e. The van der Waals surface area contributed by atoms with E-state index in [1.807, 2.05) is 19.1 Å². The van der Waals surface area contributed by atoms with Crippen LogP contribution in [0, 0.1) is 0 Å². The molecule has 0 unspecified atom stereocenters. The second kappa shape index (κ2) is 8.79. The van der Waals surface area contributed by atoms with Gasteiger partial charge in [-0.3, -0.25) is 4.79 Å². The number of nitrogens with one attached hydrogen (secondary N) is 2. The van der Waals surface area contributed by atoms with E-state index in [-0.39, 0.29) is 11.9 Å². The van der Waals surface area contributed by atoms with Gasteiger partial charge in [-0.25, -0.2) is 0 Å². The Morgan fingerprint density at radius 3 is 2.52 bits per heavy atom. The number of nitrogens with zero attached hydrogens (tertiary/aromatic N) is 1. The summed E-state index contributed by atoms with van der Waals surface area (Å²) in [7, 11) is 0. The molecule has 1 aliphatic heterocycles. The summed E-state index contributed by atoms with van der Waals surface area (Å²) in [6.07, 6.45) is 9.69. The first-order chi connectivity index (χ1) is 12.1. The number of amides is 1. The van der Waals surface area contributed by atoms with E-state index in [1.165, 1.54) is 38.5 Å². The monoisotopic (exact) mass is 363 g/mol. The predicted octanol–water partition coefficient (Wildman–Crippen LogP) is 4.58. The number of halogens is 1. The van der Waals surface area contributed by atoms with Crippen LogP contribution in [0.3, 0.4) is 0 Å². The smallest absolute Gasteiger partial charge is 0.242 e. The number of carbonyl (C=O) groups excluding carboxylic acids is 1. The number of anilines is 2. The van der Waals surface area contributed by atoms with Crippen molar-refractivity contribution >= 4 is 28.9 Å². The van der Waals surface area contributed by atoms with Crippen LogP contribution in [0.15, 0.2) is 18.2 Å². The summed E-state index contributed by atoms with van der Waals surface area (Å²) in [6.45, 7) is 4.07. The van der Waals surface area contributed by atoms with Crippen LogP contribution in [-0.2, 0) is 4.79 Å². The zero-order valence-electron chi connectivity index (χ0n) is 15.2. The fourth-order valence-electron chi connectivity index (χ4n) is 3.91. The Balaban J connectivity index is 1.65. The molecule has 2 fully saturated rings. The van der Waals surface area contributed by atoms with Gasteiger partial charge in [0.2, 0.25) is 5.91 Å². The van der Waals surface area contributed by atoms with Crippen molar-refractivity contribution in [3.05, 3.63) is 23.2 Å². The van der Waals surface area contributed by atoms with Gasteiger partial charge >= 0.3 is 0 Å². The summed E-state index contributed by atoms with van der Waals surface area (Å²) < 4.78 is 0. The Bertz CT molecular complexity index is 580. The maximum atomic E-state index is 12.6. The molecular weight excluding hydrogens is 334 g/mol. The van der Waals surface area contributed by atoms with Crippen LogP contribution in [0.4, 0.5) is 11.4 Å². The first-order valence-corrected chi connectivity index (χ1v) is 10.1. The molecule has 0 bridgehead atoms. The highest BCUT2D eigenvalue weighted by Gasteiger charge is 2.21. The lowest BCUT2D eigenvalue weighted by Crippen LogP contribution is -2.44. The molecule has 1 amide bonds. The van der Waals surface area contributed by atoms with Crippen LogP contribution in [0.1, 0.15) is 58.3 Å². The Kier molecular flexibility index (Phi) is 6.46. The summed E-state index contributed by atoms with van der Waals surface area (Å²) >= 11 is 6.22. The first kappa shape index (κ1) is 18.4. The average molecular weight is 364 g/mol. The van der Waals surface area contributed by atoms with Crippen molar-refractivity contribution < 1.29 is 4.79 Å². The molecular formula is C20H30ClN3O. The van der Waals surface area contributed by atoms with E-state index in [1.54, 1.807) is 0 Å². The Morgan fingerprint density at radius 1 is 1.12 bits per heavy atom. The molecule has 4 nitrogen and oxygen atoms in total. The van der Waals surface area contributed by atoms with Gasteiger partial charge in [0.25, 0.3) is 0 Å². The molecule has 1 aromatic carbocycles. The topological polar surface area (TPSA) is 44.4 Å². The van der Waals surface area contributed by atoms with Crippen LogP contribution in [0.2, 0.25) is 5.02 Å². The maximum absolute atomic E-state index is 12.6. The van der Waals surface area contributed by atoms with E-state index >= 15 is 0 Å². The third-order valence-electron chi connectivity index (χ3n) is 5.37. The quantitative estimate of drug-likeness (QED) is 0.804. The summed E-state index contributed by atoms with van der Waals surface area (Å²) in [4.78, 5) is 15.0. The first-order valence-electron chi connectivity index (χ1n) is 9.75. The molecule has 1 atom stereocenters. The van der Waals surface area contributed by atoms with Gasteiger partial charge < -0.3 is 15.5 Å². The lowest BCUT2D eigenvalue weighted by molar-refractivity contribution is -0.122. The van der Waals surface area contributed by atoms with Gasteiger partial charge in [-0.15, -0.1) is 0 Å². The largest absolute Gasteiger partial charge is 0.372 e. The van der Waals surface area contributed by atoms with Gasteiger partial charge in [0.05, 0.1) is 11.4 Å². The minimum Gasteiger partial charge on any atom is -0.372 e. The van der Waals surface area contributed by atoms with Crippen LogP contribution in [0.5, 0.6) is 0 Å². The van der Waals surface area contributed by atoms with Crippen molar-refractivity contribution in [3.8, 4) is 0 Å². The highest BCUT2D eigenvalue weighted by Crippen LogP contribution is 2.31. The highest BCUT2D eigenvalue weighted by molar-refractivity contribution is 6.31. The molecule has 138 valence electrons. The third kappa shape index (κ3) is 5.04. The molecule has 1 saturated heterocycles. The van der Waals surface area contributed by atoms with Crippen LogP contribution >= 0.6 is 11.6 Å². The average Bonchev–Trinajstić information content (AvgIpc) is 2.63. The van der Waals surface area contributed by atoms with E-state index in [4.69, 9.17) is 11.6 Å². The van der Waals surface area contributed by atoms with Crippen molar-refractivity contribution in [1.82, 2.24) is 5.32 Å². The lowest BCUT2D eigenvalue weighted by atomic mass is 9.95. The fraction of sp³-hybridized carbons (Fsp3) is 0.650. The molecule has 1 saturated carbocycles. The Morgan fingerprint density at radius 2 is 1.80 bits per heavy atom. The van der Waals surface area contributed by atoms with Crippen LogP contribution in [0.25, 0.3) is 0 Å². The molecule has 25 heavy (non-hydrogen) atoms. The molecule has 3 rings (SSSR count). The molecule has 2 aliphatic rings. The summed E-state index contributed by atoms with van der Waals surface area (Å²) in [5.41, 5.74) is 2.11. The summed E-state index contributed by atoms with van der Waals surface area (Å²) in [5, 5.41) is 7.30. The van der Waals surface area contributed by atoms with Gasteiger partial charge in [0, 0.05) is 24.2 Å². The van der Waals surface area contributed by atoms with E-state index < -0.39 is 0 Å².